The molecule has 0 saturated carbocycles. The molecular formula is C22H23N5O2. The van der Waals surface area contributed by atoms with Crippen LogP contribution < -0.4 is 10.2 Å². The lowest BCUT2D eigenvalue weighted by atomic mass is 9.75. The molecule has 4 rings (SSSR count). The number of nitrogens with zero attached hydrogens (tertiary/aromatic N) is 4. The summed E-state index contributed by atoms with van der Waals surface area (Å²) in [7, 11) is 1.57. The van der Waals surface area contributed by atoms with Gasteiger partial charge in [-0.2, -0.15) is 0 Å². The topological polar surface area (TPSA) is 88.1 Å². The fourth-order valence-corrected chi connectivity index (χ4v) is 3.95. The van der Waals surface area contributed by atoms with Gasteiger partial charge in [-0.1, -0.05) is 19.9 Å². The summed E-state index contributed by atoms with van der Waals surface area (Å²) >= 11 is 0. The summed E-state index contributed by atoms with van der Waals surface area (Å²) in [6.07, 6.45) is 11.6. The Labute approximate surface area is 169 Å². The molecule has 1 aliphatic heterocycles. The van der Waals surface area contributed by atoms with E-state index in [1.54, 1.807) is 36.6 Å². The fraction of sp³-hybridized carbons (Fsp3) is 0.318. The number of fused-ring (bicyclic) bond motifs is 1. The molecule has 7 heteroatoms. The fourth-order valence-electron chi connectivity index (χ4n) is 3.95. The Morgan fingerprint density at radius 2 is 1.93 bits per heavy atom. The molecule has 2 aliphatic rings. The number of pyridine rings is 1. The van der Waals surface area contributed by atoms with Gasteiger partial charge in [-0.15, -0.1) is 0 Å². The van der Waals surface area contributed by atoms with Crippen molar-refractivity contribution in [3.05, 3.63) is 65.7 Å². The van der Waals surface area contributed by atoms with Gasteiger partial charge < -0.3 is 5.32 Å². The van der Waals surface area contributed by atoms with Gasteiger partial charge in [0, 0.05) is 42.8 Å². The summed E-state index contributed by atoms with van der Waals surface area (Å²) in [5, 5.41) is 2.60. The van der Waals surface area contributed by atoms with E-state index in [-0.39, 0.29) is 17.7 Å². The number of rotatable bonds is 3. The van der Waals surface area contributed by atoms with Gasteiger partial charge in [0.2, 0.25) is 5.91 Å². The molecule has 1 unspecified atom stereocenters. The van der Waals surface area contributed by atoms with Gasteiger partial charge >= 0.3 is 0 Å². The average molecular weight is 389 g/mol. The predicted octanol–water partition coefficient (Wildman–Crippen LogP) is 2.90. The summed E-state index contributed by atoms with van der Waals surface area (Å²) in [4.78, 5) is 39.8. The van der Waals surface area contributed by atoms with Crippen LogP contribution >= 0.6 is 0 Å². The van der Waals surface area contributed by atoms with E-state index in [9.17, 15) is 9.59 Å². The molecule has 2 aromatic rings. The van der Waals surface area contributed by atoms with Crippen LogP contribution in [0.1, 0.15) is 42.0 Å². The third-order valence-electron chi connectivity index (χ3n) is 5.70. The molecule has 1 saturated heterocycles. The maximum absolute atomic E-state index is 13.3. The van der Waals surface area contributed by atoms with Crippen molar-refractivity contribution < 1.29 is 9.59 Å². The first kappa shape index (κ1) is 19.0. The lowest BCUT2D eigenvalue weighted by Crippen LogP contribution is -2.31. The van der Waals surface area contributed by atoms with Crippen LogP contribution in [0.3, 0.4) is 0 Å². The number of aryl methyl sites for hydroxylation is 1. The van der Waals surface area contributed by atoms with Crippen LogP contribution in [-0.4, -0.2) is 33.8 Å². The lowest BCUT2D eigenvalue weighted by molar-refractivity contribution is -0.125. The standard InChI is InChI=1S/C22H23N5O2/c1-13-25-10-16(11-26-13)14-5-6-18-19(8-14)27(21(29)22(18,2)3)17-7-15(9-24-12-17)20(28)23-4/h5,7-12,18H,6H2,1-4H3,(H,23,28). The lowest BCUT2D eigenvalue weighted by Gasteiger charge is -2.26. The Morgan fingerprint density at radius 1 is 1.21 bits per heavy atom. The molecule has 2 aromatic heterocycles. The first-order valence-electron chi connectivity index (χ1n) is 9.55. The molecule has 0 radical (unpaired) electrons. The summed E-state index contributed by atoms with van der Waals surface area (Å²) in [6, 6.07) is 1.70. The van der Waals surface area contributed by atoms with Crippen molar-refractivity contribution in [2.45, 2.75) is 27.2 Å². The second-order valence-electron chi connectivity index (χ2n) is 7.91. The van der Waals surface area contributed by atoms with E-state index in [4.69, 9.17) is 0 Å². The zero-order valence-corrected chi connectivity index (χ0v) is 16.9. The van der Waals surface area contributed by atoms with Crippen LogP contribution in [0.15, 0.2) is 48.7 Å². The Balaban J connectivity index is 1.79. The predicted molar refractivity (Wildman–Crippen MR) is 110 cm³/mol. The second kappa shape index (κ2) is 6.92. The molecule has 0 aromatic carbocycles. The van der Waals surface area contributed by atoms with Crippen molar-refractivity contribution in [2.24, 2.45) is 11.3 Å². The number of carbonyl (C=O) groups is 2. The van der Waals surface area contributed by atoms with Crippen LogP contribution in [0, 0.1) is 18.3 Å². The summed E-state index contributed by atoms with van der Waals surface area (Å²) in [5.74, 6) is 0.525. The smallest absolute Gasteiger partial charge is 0.252 e. The van der Waals surface area contributed by atoms with E-state index in [0.29, 0.717) is 17.1 Å². The van der Waals surface area contributed by atoms with E-state index in [2.05, 4.69) is 26.3 Å². The van der Waals surface area contributed by atoms with Gasteiger partial charge in [-0.3, -0.25) is 19.5 Å². The minimum Gasteiger partial charge on any atom is -0.355 e. The normalized spacial score (nSPS) is 20.1. The van der Waals surface area contributed by atoms with Crippen molar-refractivity contribution >= 4 is 23.1 Å². The Hall–Kier alpha value is -3.35. The molecule has 1 aliphatic carbocycles. The van der Waals surface area contributed by atoms with Crippen molar-refractivity contribution in [3.8, 4) is 0 Å². The maximum atomic E-state index is 13.3. The van der Waals surface area contributed by atoms with Gasteiger partial charge in [0.15, 0.2) is 0 Å². The third kappa shape index (κ3) is 3.12. The highest BCUT2D eigenvalue weighted by Crippen LogP contribution is 2.50. The maximum Gasteiger partial charge on any atom is 0.252 e. The Bertz CT molecular complexity index is 1050. The third-order valence-corrected chi connectivity index (χ3v) is 5.70. The molecule has 148 valence electrons. The number of nitrogens with one attached hydrogen (secondary N) is 1. The average Bonchev–Trinajstić information content (AvgIpc) is 2.93. The minimum absolute atomic E-state index is 0.000544. The Morgan fingerprint density at radius 3 is 2.62 bits per heavy atom. The number of allylic oxidation sites excluding steroid dienone is 4. The molecule has 1 atom stereocenters. The number of carbonyl (C=O) groups excluding carboxylic acids is 2. The summed E-state index contributed by atoms with van der Waals surface area (Å²) < 4.78 is 0. The van der Waals surface area contributed by atoms with Gasteiger partial charge in [0.1, 0.15) is 5.82 Å². The van der Waals surface area contributed by atoms with Gasteiger partial charge in [0.25, 0.3) is 5.91 Å². The highest BCUT2D eigenvalue weighted by atomic mass is 16.2. The number of anilines is 1. The summed E-state index contributed by atoms with van der Waals surface area (Å²) in [5.41, 5.74) is 3.27. The van der Waals surface area contributed by atoms with Crippen LogP contribution in [0.2, 0.25) is 0 Å². The monoisotopic (exact) mass is 389 g/mol. The SMILES string of the molecule is CNC(=O)c1cncc(N2C(=O)C(C)(C)C3CC=C(c4cnc(C)nc4)C=C32)c1. The Kier molecular flexibility index (Phi) is 4.53. The molecule has 29 heavy (non-hydrogen) atoms. The van der Waals surface area contributed by atoms with Crippen molar-refractivity contribution in [2.75, 3.05) is 11.9 Å². The van der Waals surface area contributed by atoms with Crippen LogP contribution in [0.5, 0.6) is 0 Å². The van der Waals surface area contributed by atoms with Crippen LogP contribution in [0.25, 0.3) is 5.57 Å². The molecule has 1 fully saturated rings. The highest BCUT2D eigenvalue weighted by molar-refractivity contribution is 6.05. The van der Waals surface area contributed by atoms with Gasteiger partial charge in [0.05, 0.1) is 22.9 Å². The number of amides is 2. The molecule has 2 amide bonds. The second-order valence-corrected chi connectivity index (χ2v) is 7.91. The molecule has 7 nitrogen and oxygen atoms in total. The highest BCUT2D eigenvalue weighted by Gasteiger charge is 2.51. The van der Waals surface area contributed by atoms with Crippen LogP contribution in [-0.2, 0) is 4.79 Å². The number of aromatic nitrogens is 3. The molecular weight excluding hydrogens is 366 g/mol. The van der Waals surface area contributed by atoms with Crippen molar-refractivity contribution in [1.82, 2.24) is 20.3 Å². The van der Waals surface area contributed by atoms with E-state index in [1.165, 1.54) is 6.20 Å². The first-order valence-corrected chi connectivity index (χ1v) is 9.55. The number of hydrogen-bond acceptors (Lipinski definition) is 5. The van der Waals surface area contributed by atoms with E-state index >= 15 is 0 Å². The molecule has 0 bridgehead atoms. The molecule has 3 heterocycles. The van der Waals surface area contributed by atoms with Gasteiger partial charge in [-0.25, -0.2) is 9.97 Å². The van der Waals surface area contributed by atoms with Crippen molar-refractivity contribution in [3.63, 3.8) is 0 Å². The minimum atomic E-state index is -0.555. The van der Waals surface area contributed by atoms with Gasteiger partial charge in [-0.05, 0) is 31.1 Å². The van der Waals surface area contributed by atoms with E-state index in [1.807, 2.05) is 26.8 Å². The first-order chi connectivity index (χ1) is 13.8. The zero-order chi connectivity index (χ0) is 20.8. The van der Waals surface area contributed by atoms with E-state index < -0.39 is 5.41 Å². The summed E-state index contributed by atoms with van der Waals surface area (Å²) in [6.45, 7) is 5.79. The quantitative estimate of drug-likeness (QED) is 0.872. The van der Waals surface area contributed by atoms with Crippen LogP contribution in [0.4, 0.5) is 5.69 Å². The molecule has 1 N–H and O–H groups in total. The largest absolute Gasteiger partial charge is 0.355 e. The zero-order valence-electron chi connectivity index (χ0n) is 16.9. The molecule has 0 spiro atoms. The number of hydrogen-bond donors (Lipinski definition) is 1. The van der Waals surface area contributed by atoms with E-state index in [0.717, 1.165) is 23.3 Å². The van der Waals surface area contributed by atoms with Crippen molar-refractivity contribution in [1.29, 1.82) is 0 Å².